The van der Waals surface area contributed by atoms with Crippen LogP contribution in [-0.2, 0) is 0 Å². The second-order valence-electron chi connectivity index (χ2n) is 4.72. The molecular formula is C14H16N4. The molecular weight excluding hydrogens is 224 g/mol. The molecule has 1 fully saturated rings. The summed E-state index contributed by atoms with van der Waals surface area (Å²) in [5.41, 5.74) is 8.50. The van der Waals surface area contributed by atoms with Gasteiger partial charge in [-0.15, -0.1) is 5.10 Å². The zero-order chi connectivity index (χ0) is 12.4. The van der Waals surface area contributed by atoms with E-state index in [2.05, 4.69) is 21.6 Å². The smallest absolute Gasteiger partial charge is 0.153 e. The fourth-order valence-corrected chi connectivity index (χ4v) is 2.10. The van der Waals surface area contributed by atoms with E-state index in [4.69, 9.17) is 5.73 Å². The lowest BCUT2D eigenvalue weighted by atomic mass is 9.83. The van der Waals surface area contributed by atoms with Crippen LogP contribution in [0.3, 0.4) is 0 Å². The SMILES string of the molecule is Nc1cccc(Nc2ccc(C3CCC3)nn2)c1. The van der Waals surface area contributed by atoms with Gasteiger partial charge in [-0.2, -0.15) is 5.10 Å². The van der Waals surface area contributed by atoms with Crippen molar-refractivity contribution in [3.8, 4) is 0 Å². The Balaban J connectivity index is 1.72. The van der Waals surface area contributed by atoms with Crippen LogP contribution in [0.2, 0.25) is 0 Å². The number of anilines is 3. The van der Waals surface area contributed by atoms with E-state index in [0.717, 1.165) is 22.9 Å². The molecule has 1 saturated carbocycles. The molecule has 3 N–H and O–H groups in total. The molecule has 1 heterocycles. The van der Waals surface area contributed by atoms with Crippen molar-refractivity contribution in [1.82, 2.24) is 10.2 Å². The summed E-state index contributed by atoms with van der Waals surface area (Å²) in [5, 5.41) is 11.7. The lowest BCUT2D eigenvalue weighted by Gasteiger charge is -2.24. The summed E-state index contributed by atoms with van der Waals surface area (Å²) in [5.74, 6) is 1.38. The number of benzene rings is 1. The molecule has 0 aliphatic heterocycles. The number of aromatic nitrogens is 2. The molecule has 0 atom stereocenters. The van der Waals surface area contributed by atoms with Gasteiger partial charge in [-0.1, -0.05) is 12.5 Å². The highest BCUT2D eigenvalue weighted by Crippen LogP contribution is 2.35. The van der Waals surface area contributed by atoms with Crippen LogP contribution in [0.1, 0.15) is 30.9 Å². The molecule has 0 amide bonds. The largest absolute Gasteiger partial charge is 0.399 e. The van der Waals surface area contributed by atoms with Crippen molar-refractivity contribution in [1.29, 1.82) is 0 Å². The molecule has 2 aromatic rings. The lowest BCUT2D eigenvalue weighted by molar-refractivity contribution is 0.408. The van der Waals surface area contributed by atoms with Crippen LogP contribution in [0, 0.1) is 0 Å². The highest BCUT2D eigenvalue weighted by Gasteiger charge is 2.20. The quantitative estimate of drug-likeness (QED) is 0.809. The molecule has 0 spiro atoms. The van der Waals surface area contributed by atoms with Crippen LogP contribution in [0.25, 0.3) is 0 Å². The average molecular weight is 240 g/mol. The van der Waals surface area contributed by atoms with Gasteiger partial charge in [-0.05, 0) is 43.2 Å². The van der Waals surface area contributed by atoms with E-state index in [1.165, 1.54) is 19.3 Å². The standard InChI is InChI=1S/C14H16N4/c15-11-5-2-6-12(9-11)16-14-8-7-13(17-18-14)10-3-1-4-10/h2,5-10H,1,3-4,15H2,(H,16,18). The van der Waals surface area contributed by atoms with Crippen LogP contribution in [0.15, 0.2) is 36.4 Å². The zero-order valence-electron chi connectivity index (χ0n) is 10.1. The molecule has 0 unspecified atom stereocenters. The Morgan fingerprint density at radius 3 is 2.61 bits per heavy atom. The maximum absolute atomic E-state index is 5.73. The van der Waals surface area contributed by atoms with Crippen molar-refractivity contribution in [2.24, 2.45) is 0 Å². The minimum atomic E-state index is 0.624. The van der Waals surface area contributed by atoms with Crippen LogP contribution in [-0.4, -0.2) is 10.2 Å². The minimum Gasteiger partial charge on any atom is -0.399 e. The summed E-state index contributed by atoms with van der Waals surface area (Å²) in [6.07, 6.45) is 3.81. The fraction of sp³-hybridized carbons (Fsp3) is 0.286. The fourth-order valence-electron chi connectivity index (χ4n) is 2.10. The third kappa shape index (κ3) is 2.27. The van der Waals surface area contributed by atoms with E-state index in [1.54, 1.807) is 0 Å². The Kier molecular flexibility index (Phi) is 2.84. The molecule has 1 aromatic carbocycles. The monoisotopic (exact) mass is 240 g/mol. The average Bonchev–Trinajstić information content (AvgIpc) is 2.29. The van der Waals surface area contributed by atoms with Crippen molar-refractivity contribution in [2.75, 3.05) is 11.1 Å². The van der Waals surface area contributed by atoms with Gasteiger partial charge in [0.05, 0.1) is 5.69 Å². The van der Waals surface area contributed by atoms with E-state index in [-0.39, 0.29) is 0 Å². The second kappa shape index (κ2) is 4.64. The van der Waals surface area contributed by atoms with Crippen molar-refractivity contribution in [3.63, 3.8) is 0 Å². The van der Waals surface area contributed by atoms with Gasteiger partial charge in [0, 0.05) is 17.3 Å². The number of rotatable bonds is 3. The lowest BCUT2D eigenvalue weighted by Crippen LogP contribution is -2.11. The van der Waals surface area contributed by atoms with E-state index in [9.17, 15) is 0 Å². The molecule has 18 heavy (non-hydrogen) atoms. The van der Waals surface area contributed by atoms with Gasteiger partial charge in [0.1, 0.15) is 0 Å². The first kappa shape index (κ1) is 11.0. The highest BCUT2D eigenvalue weighted by molar-refractivity contribution is 5.60. The van der Waals surface area contributed by atoms with Crippen LogP contribution in [0.5, 0.6) is 0 Å². The zero-order valence-corrected chi connectivity index (χ0v) is 10.1. The van der Waals surface area contributed by atoms with Crippen molar-refractivity contribution in [3.05, 3.63) is 42.1 Å². The molecule has 4 heteroatoms. The topological polar surface area (TPSA) is 63.8 Å². The van der Waals surface area contributed by atoms with E-state index in [1.807, 2.05) is 30.3 Å². The summed E-state index contributed by atoms with van der Waals surface area (Å²) in [6.45, 7) is 0. The Morgan fingerprint density at radius 2 is 2.00 bits per heavy atom. The molecule has 0 saturated heterocycles. The van der Waals surface area contributed by atoms with E-state index in [0.29, 0.717) is 5.92 Å². The minimum absolute atomic E-state index is 0.624. The van der Waals surface area contributed by atoms with Gasteiger partial charge >= 0.3 is 0 Å². The van der Waals surface area contributed by atoms with Gasteiger partial charge in [0.2, 0.25) is 0 Å². The van der Waals surface area contributed by atoms with Crippen LogP contribution < -0.4 is 11.1 Å². The normalized spacial score (nSPS) is 15.1. The number of hydrogen-bond acceptors (Lipinski definition) is 4. The van der Waals surface area contributed by atoms with E-state index < -0.39 is 0 Å². The van der Waals surface area contributed by atoms with Crippen molar-refractivity contribution in [2.45, 2.75) is 25.2 Å². The number of hydrogen-bond donors (Lipinski definition) is 2. The third-order valence-corrected chi connectivity index (χ3v) is 3.37. The van der Waals surface area contributed by atoms with Crippen molar-refractivity contribution < 1.29 is 0 Å². The molecule has 0 radical (unpaired) electrons. The first-order valence-electron chi connectivity index (χ1n) is 6.27. The first-order valence-corrected chi connectivity index (χ1v) is 6.27. The van der Waals surface area contributed by atoms with Crippen LogP contribution >= 0.6 is 0 Å². The van der Waals surface area contributed by atoms with Gasteiger partial charge in [0.25, 0.3) is 0 Å². The molecule has 1 aromatic heterocycles. The van der Waals surface area contributed by atoms with Gasteiger partial charge in [0.15, 0.2) is 5.82 Å². The Labute approximate surface area is 106 Å². The van der Waals surface area contributed by atoms with Gasteiger partial charge in [-0.3, -0.25) is 0 Å². The maximum Gasteiger partial charge on any atom is 0.153 e. The molecule has 4 nitrogen and oxygen atoms in total. The summed E-state index contributed by atoms with van der Waals surface area (Å²) >= 11 is 0. The van der Waals surface area contributed by atoms with Gasteiger partial charge < -0.3 is 11.1 Å². The predicted molar refractivity (Wildman–Crippen MR) is 72.8 cm³/mol. The first-order chi connectivity index (χ1) is 8.81. The summed E-state index contributed by atoms with van der Waals surface area (Å²) in [6, 6.07) is 11.6. The predicted octanol–water partition coefficient (Wildman–Crippen LogP) is 3.07. The van der Waals surface area contributed by atoms with Gasteiger partial charge in [-0.25, -0.2) is 0 Å². The summed E-state index contributed by atoms with van der Waals surface area (Å²) in [7, 11) is 0. The number of nitrogen functional groups attached to an aromatic ring is 1. The summed E-state index contributed by atoms with van der Waals surface area (Å²) < 4.78 is 0. The van der Waals surface area contributed by atoms with E-state index >= 15 is 0 Å². The summed E-state index contributed by atoms with van der Waals surface area (Å²) in [4.78, 5) is 0. The number of nitrogens with zero attached hydrogens (tertiary/aromatic N) is 2. The molecule has 92 valence electrons. The Hall–Kier alpha value is -2.10. The Morgan fingerprint density at radius 1 is 1.11 bits per heavy atom. The second-order valence-corrected chi connectivity index (χ2v) is 4.72. The molecule has 3 rings (SSSR count). The molecule has 1 aliphatic rings. The Bertz CT molecular complexity index is 532. The molecule has 1 aliphatic carbocycles. The number of nitrogens with two attached hydrogens (primary N) is 1. The molecule has 0 bridgehead atoms. The maximum atomic E-state index is 5.73. The highest BCUT2D eigenvalue weighted by atomic mass is 15.2. The van der Waals surface area contributed by atoms with Crippen molar-refractivity contribution >= 4 is 17.2 Å². The van der Waals surface area contributed by atoms with Crippen LogP contribution in [0.4, 0.5) is 17.2 Å². The third-order valence-electron chi connectivity index (χ3n) is 3.37. The number of nitrogens with one attached hydrogen (secondary N) is 1.